The summed E-state index contributed by atoms with van der Waals surface area (Å²) in [7, 11) is -3.68. The van der Waals surface area contributed by atoms with Crippen molar-refractivity contribution in [3.63, 3.8) is 0 Å². The van der Waals surface area contributed by atoms with E-state index in [4.69, 9.17) is 4.74 Å². The van der Waals surface area contributed by atoms with E-state index in [0.29, 0.717) is 25.2 Å². The van der Waals surface area contributed by atoms with Crippen LogP contribution in [0, 0.1) is 11.3 Å². The van der Waals surface area contributed by atoms with Crippen molar-refractivity contribution in [2.24, 2.45) is 11.3 Å². The Kier molecular flexibility index (Phi) is 7.56. The zero-order valence-electron chi connectivity index (χ0n) is 19.2. The van der Waals surface area contributed by atoms with E-state index >= 15 is 0 Å². The van der Waals surface area contributed by atoms with E-state index in [1.807, 2.05) is 13.8 Å². The second-order valence-electron chi connectivity index (χ2n) is 9.00. The Morgan fingerprint density at radius 2 is 1.88 bits per heavy atom. The van der Waals surface area contributed by atoms with Crippen LogP contribution < -0.4 is 10.1 Å². The minimum atomic E-state index is -3.68. The van der Waals surface area contributed by atoms with E-state index in [1.165, 1.54) is 16.6 Å². The lowest BCUT2D eigenvalue weighted by Gasteiger charge is -2.45. The molecule has 2 aromatic rings. The number of piperidine rings is 1. The van der Waals surface area contributed by atoms with E-state index < -0.39 is 10.0 Å². The highest BCUT2D eigenvalue weighted by atomic mass is 32.2. The molecule has 1 aliphatic heterocycles. The Balaban J connectivity index is 1.72. The van der Waals surface area contributed by atoms with Crippen molar-refractivity contribution in [3.8, 4) is 5.75 Å². The number of carbonyl (C=O) groups is 1. The van der Waals surface area contributed by atoms with Crippen LogP contribution in [0.3, 0.4) is 0 Å². The van der Waals surface area contributed by atoms with E-state index in [0.717, 1.165) is 18.6 Å². The van der Waals surface area contributed by atoms with Gasteiger partial charge in [-0.3, -0.25) is 4.79 Å². The summed E-state index contributed by atoms with van der Waals surface area (Å²) in [4.78, 5) is 16.8. The molecule has 0 bridgehead atoms. The van der Waals surface area contributed by atoms with Gasteiger partial charge in [-0.2, -0.15) is 4.31 Å². The van der Waals surface area contributed by atoms with E-state index in [9.17, 15) is 13.2 Å². The molecule has 8 heteroatoms. The fourth-order valence-corrected chi connectivity index (χ4v) is 5.59. The van der Waals surface area contributed by atoms with E-state index in [2.05, 4.69) is 24.1 Å². The topological polar surface area (TPSA) is 88.6 Å². The molecule has 32 heavy (non-hydrogen) atoms. The van der Waals surface area contributed by atoms with Gasteiger partial charge in [0.2, 0.25) is 0 Å². The fourth-order valence-electron chi connectivity index (χ4n) is 4.09. The van der Waals surface area contributed by atoms with Gasteiger partial charge in [0.1, 0.15) is 5.75 Å². The summed E-state index contributed by atoms with van der Waals surface area (Å²) >= 11 is 0. The summed E-state index contributed by atoms with van der Waals surface area (Å²) in [5, 5.41) is 3.11. The van der Waals surface area contributed by atoms with Crippen LogP contribution in [-0.4, -0.2) is 49.4 Å². The summed E-state index contributed by atoms with van der Waals surface area (Å²) in [6, 6.07) is 12.0. The van der Waals surface area contributed by atoms with Crippen molar-refractivity contribution in [1.82, 2.24) is 14.6 Å². The van der Waals surface area contributed by atoms with Gasteiger partial charge in [-0.05, 0) is 69.0 Å². The highest BCUT2D eigenvalue weighted by Crippen LogP contribution is 2.38. The summed E-state index contributed by atoms with van der Waals surface area (Å²) in [6.07, 6.45) is 3.14. The van der Waals surface area contributed by atoms with Crippen LogP contribution in [0.15, 0.2) is 53.7 Å². The first-order valence-electron chi connectivity index (χ1n) is 11.1. The number of aromatic nitrogens is 1. The van der Waals surface area contributed by atoms with Gasteiger partial charge in [-0.1, -0.05) is 19.9 Å². The average molecular weight is 460 g/mol. The van der Waals surface area contributed by atoms with Crippen molar-refractivity contribution in [2.75, 3.05) is 19.6 Å². The Labute approximate surface area is 191 Å². The largest absolute Gasteiger partial charge is 0.491 e. The number of nitrogens with zero attached hydrogens (tertiary/aromatic N) is 2. The molecular formula is C24H33N3O4S. The van der Waals surface area contributed by atoms with Gasteiger partial charge >= 0.3 is 0 Å². The number of benzene rings is 1. The molecule has 1 amide bonds. The van der Waals surface area contributed by atoms with Crippen molar-refractivity contribution in [1.29, 1.82) is 0 Å². The monoisotopic (exact) mass is 459 g/mol. The third-order valence-electron chi connectivity index (χ3n) is 6.13. The number of hydrogen-bond acceptors (Lipinski definition) is 5. The number of amides is 1. The zero-order chi connectivity index (χ0) is 23.4. The lowest BCUT2D eigenvalue weighted by molar-refractivity contribution is 0.0750. The van der Waals surface area contributed by atoms with Crippen molar-refractivity contribution < 1.29 is 17.9 Å². The number of ether oxygens (including phenoxy) is 1. The number of pyridine rings is 1. The Bertz CT molecular complexity index is 1010. The molecule has 1 unspecified atom stereocenters. The Morgan fingerprint density at radius 1 is 1.16 bits per heavy atom. The van der Waals surface area contributed by atoms with Gasteiger partial charge in [-0.15, -0.1) is 0 Å². The third-order valence-corrected chi connectivity index (χ3v) is 7.89. The second kappa shape index (κ2) is 10.0. The van der Waals surface area contributed by atoms with Gasteiger partial charge < -0.3 is 10.1 Å². The van der Waals surface area contributed by atoms with E-state index in [1.54, 1.807) is 36.4 Å². The van der Waals surface area contributed by atoms with Gasteiger partial charge in [-0.25, -0.2) is 13.4 Å². The van der Waals surface area contributed by atoms with Gasteiger partial charge in [0.05, 0.1) is 6.10 Å². The number of nitrogens with one attached hydrogen (secondary N) is 1. The zero-order valence-corrected chi connectivity index (χ0v) is 20.1. The smallest absolute Gasteiger partial charge is 0.260 e. The maximum atomic E-state index is 13.1. The molecule has 1 aliphatic rings. The second-order valence-corrected chi connectivity index (χ2v) is 10.9. The Morgan fingerprint density at radius 3 is 2.47 bits per heavy atom. The van der Waals surface area contributed by atoms with Crippen LogP contribution in [0.4, 0.5) is 0 Å². The number of carbonyl (C=O) groups excluding carboxylic acids is 1. The molecule has 0 radical (unpaired) electrons. The lowest BCUT2D eigenvalue weighted by Crippen LogP contribution is -2.53. The van der Waals surface area contributed by atoms with Crippen molar-refractivity contribution in [2.45, 2.75) is 51.7 Å². The summed E-state index contributed by atoms with van der Waals surface area (Å²) in [5.41, 5.74) is 0.199. The van der Waals surface area contributed by atoms with Crippen LogP contribution in [0.5, 0.6) is 5.75 Å². The van der Waals surface area contributed by atoms with Gasteiger partial charge in [0, 0.05) is 36.8 Å². The van der Waals surface area contributed by atoms with Crippen LogP contribution >= 0.6 is 0 Å². The van der Waals surface area contributed by atoms with Crippen LogP contribution in [0.1, 0.15) is 50.9 Å². The molecule has 1 atom stereocenters. The minimum Gasteiger partial charge on any atom is -0.491 e. The van der Waals surface area contributed by atoms with Crippen molar-refractivity contribution >= 4 is 15.9 Å². The fraction of sp³-hybridized carbons (Fsp3) is 0.500. The minimum absolute atomic E-state index is 0.0623. The SMILES string of the molecule is CC(C)Oc1ccc(C(=O)NCC2(C(C)C)CCCN(S(=O)(=O)c3ccccn3)C2)cc1. The first kappa shape index (κ1) is 24.2. The molecule has 1 aromatic heterocycles. The molecule has 0 saturated carbocycles. The molecule has 2 heterocycles. The van der Waals surface area contributed by atoms with Crippen LogP contribution in [-0.2, 0) is 10.0 Å². The normalized spacial score (nSPS) is 19.8. The Hall–Kier alpha value is -2.45. The number of hydrogen-bond donors (Lipinski definition) is 1. The maximum absolute atomic E-state index is 13.1. The first-order valence-corrected chi connectivity index (χ1v) is 12.5. The molecule has 0 spiro atoms. The van der Waals surface area contributed by atoms with Gasteiger partial charge in [0.25, 0.3) is 15.9 Å². The highest BCUT2D eigenvalue weighted by molar-refractivity contribution is 7.89. The number of sulfonamides is 1. The molecule has 3 rings (SSSR count). The molecule has 1 saturated heterocycles. The molecule has 0 aliphatic carbocycles. The summed E-state index contributed by atoms with van der Waals surface area (Å²) in [5.74, 6) is 0.732. The number of rotatable bonds is 8. The van der Waals surface area contributed by atoms with Crippen LogP contribution in [0.2, 0.25) is 0 Å². The maximum Gasteiger partial charge on any atom is 0.260 e. The quantitative estimate of drug-likeness (QED) is 0.650. The third kappa shape index (κ3) is 5.48. The summed E-state index contributed by atoms with van der Waals surface area (Å²) in [6.45, 7) is 9.29. The highest BCUT2D eigenvalue weighted by Gasteiger charge is 2.42. The average Bonchev–Trinajstić information content (AvgIpc) is 2.78. The predicted molar refractivity (Wildman–Crippen MR) is 124 cm³/mol. The molecule has 1 aromatic carbocycles. The molecule has 174 valence electrons. The molecule has 7 nitrogen and oxygen atoms in total. The van der Waals surface area contributed by atoms with Gasteiger partial charge in [0.15, 0.2) is 5.03 Å². The van der Waals surface area contributed by atoms with Crippen molar-refractivity contribution in [3.05, 3.63) is 54.2 Å². The molecule has 1 fully saturated rings. The summed E-state index contributed by atoms with van der Waals surface area (Å²) < 4.78 is 33.4. The first-order chi connectivity index (χ1) is 15.1. The van der Waals surface area contributed by atoms with Crippen LogP contribution in [0.25, 0.3) is 0 Å². The predicted octanol–water partition coefficient (Wildman–Crippen LogP) is 3.73. The molecular weight excluding hydrogens is 426 g/mol. The lowest BCUT2D eigenvalue weighted by atomic mass is 9.71. The standard InChI is InChI=1S/C24H33N3O4S/c1-18(2)24(16-26-23(28)20-9-11-21(12-10-20)31-19(3)4)13-7-15-27(17-24)32(29,30)22-8-5-6-14-25-22/h5-6,8-12,14,18-19H,7,13,15-17H2,1-4H3,(H,26,28). The van der Waals surface area contributed by atoms with E-state index in [-0.39, 0.29) is 28.4 Å². The molecule has 1 N–H and O–H groups in total.